The molecule has 0 unspecified atom stereocenters. The Morgan fingerprint density at radius 2 is 2.07 bits per heavy atom. The topological polar surface area (TPSA) is 63.5 Å². The molecule has 0 aliphatic carbocycles. The van der Waals surface area contributed by atoms with Crippen molar-refractivity contribution < 1.29 is 4.74 Å². The van der Waals surface area contributed by atoms with Gasteiger partial charge in [0.1, 0.15) is 12.4 Å². The van der Waals surface area contributed by atoms with E-state index in [0.717, 1.165) is 42.5 Å². The van der Waals surface area contributed by atoms with Crippen LogP contribution < -0.4 is 15.4 Å². The van der Waals surface area contributed by atoms with Crippen LogP contribution in [0.1, 0.15) is 23.4 Å². The Balaban J connectivity index is 0.00000364. The molecule has 0 radical (unpaired) electrons. The highest BCUT2D eigenvalue weighted by Gasteiger charge is 2.05. The van der Waals surface area contributed by atoms with Crippen molar-refractivity contribution >= 4 is 29.9 Å². The number of benzene rings is 1. The first-order valence-corrected chi connectivity index (χ1v) is 8.91. The van der Waals surface area contributed by atoms with Gasteiger partial charge in [-0.25, -0.2) is 0 Å². The molecule has 1 aromatic carbocycles. The van der Waals surface area contributed by atoms with E-state index in [1.54, 1.807) is 13.1 Å². The zero-order chi connectivity index (χ0) is 18.8. The number of rotatable bonds is 9. The molecule has 2 rings (SSSR count). The minimum absolute atomic E-state index is 0. The highest BCUT2D eigenvalue weighted by molar-refractivity contribution is 14.0. The predicted molar refractivity (Wildman–Crippen MR) is 122 cm³/mol. The van der Waals surface area contributed by atoms with Crippen LogP contribution >= 0.6 is 24.0 Å². The lowest BCUT2D eigenvalue weighted by Crippen LogP contribution is -2.37. The van der Waals surface area contributed by atoms with Crippen molar-refractivity contribution in [2.75, 3.05) is 20.2 Å². The normalized spacial score (nSPS) is 10.9. The standard InChI is InChI=1S/C20H29N5O.HI/c1-5-13-26-19-10-7-6-9-18(19)15-23-20(21-4)22-11-8-12-25-17(3)14-16(2)24-25;/h5-7,9-10,14H,1,8,11-13,15H2,2-4H3,(H2,21,22,23);1H. The Labute approximate surface area is 179 Å². The van der Waals surface area contributed by atoms with Crippen molar-refractivity contribution in [3.8, 4) is 5.75 Å². The summed E-state index contributed by atoms with van der Waals surface area (Å²) in [7, 11) is 1.77. The van der Waals surface area contributed by atoms with Crippen LogP contribution in [0.5, 0.6) is 5.75 Å². The summed E-state index contributed by atoms with van der Waals surface area (Å²) in [6.45, 7) is 10.6. The average molecular weight is 483 g/mol. The van der Waals surface area contributed by atoms with Gasteiger partial charge in [-0.2, -0.15) is 5.10 Å². The molecule has 2 aromatic rings. The third-order valence-corrected chi connectivity index (χ3v) is 3.94. The molecule has 1 heterocycles. The summed E-state index contributed by atoms with van der Waals surface area (Å²) in [5, 5.41) is 11.1. The molecule has 0 saturated carbocycles. The van der Waals surface area contributed by atoms with Crippen molar-refractivity contribution in [1.82, 2.24) is 20.4 Å². The van der Waals surface area contributed by atoms with E-state index in [-0.39, 0.29) is 24.0 Å². The summed E-state index contributed by atoms with van der Waals surface area (Å²) >= 11 is 0. The van der Waals surface area contributed by atoms with E-state index < -0.39 is 0 Å². The summed E-state index contributed by atoms with van der Waals surface area (Å²) in [5.74, 6) is 1.64. The fourth-order valence-electron chi connectivity index (χ4n) is 2.68. The van der Waals surface area contributed by atoms with Crippen molar-refractivity contribution in [1.29, 1.82) is 0 Å². The summed E-state index contributed by atoms with van der Waals surface area (Å²) in [6.07, 6.45) is 2.72. The highest BCUT2D eigenvalue weighted by Crippen LogP contribution is 2.17. The Hall–Kier alpha value is -2.03. The number of ether oxygens (including phenoxy) is 1. The smallest absolute Gasteiger partial charge is 0.191 e. The van der Waals surface area contributed by atoms with Gasteiger partial charge in [0.25, 0.3) is 0 Å². The number of nitrogens with one attached hydrogen (secondary N) is 2. The van der Waals surface area contributed by atoms with E-state index in [2.05, 4.69) is 40.3 Å². The van der Waals surface area contributed by atoms with Crippen LogP contribution in [0.4, 0.5) is 0 Å². The van der Waals surface area contributed by atoms with Crippen LogP contribution in [0.2, 0.25) is 0 Å². The summed E-state index contributed by atoms with van der Waals surface area (Å²) in [6, 6.07) is 10.1. The molecule has 0 fully saturated rings. The summed E-state index contributed by atoms with van der Waals surface area (Å²) < 4.78 is 7.73. The molecule has 27 heavy (non-hydrogen) atoms. The van der Waals surface area contributed by atoms with Gasteiger partial charge < -0.3 is 15.4 Å². The minimum Gasteiger partial charge on any atom is -0.489 e. The van der Waals surface area contributed by atoms with Gasteiger partial charge in [-0.3, -0.25) is 9.67 Å². The largest absolute Gasteiger partial charge is 0.489 e. The second-order valence-corrected chi connectivity index (χ2v) is 6.06. The summed E-state index contributed by atoms with van der Waals surface area (Å²) in [4.78, 5) is 4.28. The maximum atomic E-state index is 5.68. The molecular weight excluding hydrogens is 453 g/mol. The van der Waals surface area contributed by atoms with E-state index in [1.165, 1.54) is 5.69 Å². The second-order valence-electron chi connectivity index (χ2n) is 6.06. The predicted octanol–water partition coefficient (Wildman–Crippen LogP) is 3.44. The molecular formula is C20H30IN5O. The Bertz CT molecular complexity index is 742. The first kappa shape index (κ1) is 23.0. The number of aliphatic imine (C=N–C) groups is 1. The first-order chi connectivity index (χ1) is 12.6. The molecule has 2 N–H and O–H groups in total. The highest BCUT2D eigenvalue weighted by atomic mass is 127. The fraction of sp³-hybridized carbons (Fsp3) is 0.400. The Morgan fingerprint density at radius 3 is 2.74 bits per heavy atom. The molecule has 6 nitrogen and oxygen atoms in total. The van der Waals surface area contributed by atoms with Crippen molar-refractivity contribution in [2.45, 2.75) is 33.4 Å². The number of hydrogen-bond donors (Lipinski definition) is 2. The third kappa shape index (κ3) is 7.62. The summed E-state index contributed by atoms with van der Waals surface area (Å²) in [5.41, 5.74) is 3.34. The van der Waals surface area contributed by atoms with Gasteiger partial charge in [-0.15, -0.1) is 24.0 Å². The van der Waals surface area contributed by atoms with Gasteiger partial charge in [0.2, 0.25) is 0 Å². The van der Waals surface area contributed by atoms with E-state index in [9.17, 15) is 0 Å². The average Bonchev–Trinajstić information content (AvgIpc) is 2.97. The lowest BCUT2D eigenvalue weighted by atomic mass is 10.2. The number of hydrogen-bond acceptors (Lipinski definition) is 3. The van der Waals surface area contributed by atoms with Crippen LogP contribution in [0.3, 0.4) is 0 Å². The molecule has 0 saturated heterocycles. The van der Waals surface area contributed by atoms with Gasteiger partial charge in [-0.05, 0) is 32.4 Å². The molecule has 1 aromatic heterocycles. The van der Waals surface area contributed by atoms with Crippen molar-refractivity contribution in [3.05, 3.63) is 59.9 Å². The molecule has 0 amide bonds. The first-order valence-electron chi connectivity index (χ1n) is 8.91. The molecule has 7 heteroatoms. The van der Waals surface area contributed by atoms with Gasteiger partial charge in [0, 0.05) is 37.9 Å². The van der Waals surface area contributed by atoms with Gasteiger partial charge in [0.05, 0.1) is 5.69 Å². The number of para-hydroxylation sites is 1. The molecule has 0 aliphatic rings. The van der Waals surface area contributed by atoms with Crippen LogP contribution in [-0.4, -0.2) is 35.9 Å². The van der Waals surface area contributed by atoms with Gasteiger partial charge >= 0.3 is 0 Å². The van der Waals surface area contributed by atoms with Gasteiger partial charge in [0.15, 0.2) is 5.96 Å². The van der Waals surface area contributed by atoms with Crippen LogP contribution in [0.25, 0.3) is 0 Å². The maximum Gasteiger partial charge on any atom is 0.191 e. The van der Waals surface area contributed by atoms with Crippen molar-refractivity contribution in [3.63, 3.8) is 0 Å². The minimum atomic E-state index is 0. The third-order valence-electron chi connectivity index (χ3n) is 3.94. The SMILES string of the molecule is C=CCOc1ccccc1CNC(=NC)NCCCn1nc(C)cc1C.I. The number of aryl methyl sites for hydroxylation is 3. The zero-order valence-electron chi connectivity index (χ0n) is 16.4. The molecule has 0 spiro atoms. The molecule has 0 atom stereocenters. The van der Waals surface area contributed by atoms with E-state index >= 15 is 0 Å². The number of guanidine groups is 1. The number of aromatic nitrogens is 2. The number of halogens is 1. The monoisotopic (exact) mass is 483 g/mol. The fourth-order valence-corrected chi connectivity index (χ4v) is 2.68. The molecule has 0 bridgehead atoms. The van der Waals surface area contributed by atoms with E-state index in [1.807, 2.05) is 35.9 Å². The van der Waals surface area contributed by atoms with Gasteiger partial charge in [-0.1, -0.05) is 30.9 Å². The van der Waals surface area contributed by atoms with Crippen molar-refractivity contribution in [2.24, 2.45) is 4.99 Å². The molecule has 148 valence electrons. The van der Waals surface area contributed by atoms with Crippen LogP contribution in [0.15, 0.2) is 48.0 Å². The Kier molecular flexibility index (Phi) is 10.5. The lowest BCUT2D eigenvalue weighted by molar-refractivity contribution is 0.358. The molecule has 0 aliphatic heterocycles. The lowest BCUT2D eigenvalue weighted by Gasteiger charge is -2.14. The van der Waals surface area contributed by atoms with E-state index in [0.29, 0.717) is 13.2 Å². The zero-order valence-corrected chi connectivity index (χ0v) is 18.7. The van der Waals surface area contributed by atoms with Crippen LogP contribution in [0, 0.1) is 13.8 Å². The van der Waals surface area contributed by atoms with E-state index in [4.69, 9.17) is 4.74 Å². The quantitative estimate of drug-likeness (QED) is 0.189. The Morgan fingerprint density at radius 1 is 1.30 bits per heavy atom. The maximum absolute atomic E-state index is 5.68. The number of nitrogens with zero attached hydrogens (tertiary/aromatic N) is 3. The van der Waals surface area contributed by atoms with Crippen LogP contribution in [-0.2, 0) is 13.1 Å². The second kappa shape index (κ2) is 12.4.